The molecular weight excluding hydrogens is 350 g/mol. The van der Waals surface area contributed by atoms with Crippen LogP contribution in [0.1, 0.15) is 22.8 Å². The lowest BCUT2D eigenvalue weighted by Gasteiger charge is -2.12. The number of benzene rings is 2. The quantitative estimate of drug-likeness (QED) is 0.575. The van der Waals surface area contributed by atoms with Gasteiger partial charge in [-0.1, -0.05) is 0 Å². The smallest absolute Gasteiger partial charge is 0.271 e. The van der Waals surface area contributed by atoms with Gasteiger partial charge in [0.2, 0.25) is 11.7 Å². The highest BCUT2D eigenvalue weighted by Gasteiger charge is 2.12. The largest absolute Gasteiger partial charge is 0.493 e. The van der Waals surface area contributed by atoms with Gasteiger partial charge >= 0.3 is 0 Å². The van der Waals surface area contributed by atoms with E-state index in [9.17, 15) is 9.59 Å². The predicted molar refractivity (Wildman–Crippen MR) is 102 cm³/mol. The highest BCUT2D eigenvalue weighted by atomic mass is 16.5. The molecule has 0 atom stereocenters. The third-order valence-electron chi connectivity index (χ3n) is 3.53. The molecular formula is C19H21N3O5. The second-order valence-corrected chi connectivity index (χ2v) is 5.42. The Labute approximate surface area is 157 Å². The zero-order valence-corrected chi connectivity index (χ0v) is 15.5. The number of amides is 2. The maximum absolute atomic E-state index is 12.1. The van der Waals surface area contributed by atoms with Crippen LogP contribution in [0.25, 0.3) is 0 Å². The van der Waals surface area contributed by atoms with E-state index >= 15 is 0 Å². The van der Waals surface area contributed by atoms with Crippen molar-refractivity contribution in [2.75, 3.05) is 26.6 Å². The summed E-state index contributed by atoms with van der Waals surface area (Å²) < 4.78 is 15.8. The Morgan fingerprint density at radius 2 is 1.56 bits per heavy atom. The number of carbonyl (C=O) groups is 2. The van der Waals surface area contributed by atoms with Crippen LogP contribution in [0.5, 0.6) is 17.2 Å². The van der Waals surface area contributed by atoms with Crippen LogP contribution in [-0.2, 0) is 4.79 Å². The van der Waals surface area contributed by atoms with Gasteiger partial charge in [-0.05, 0) is 36.4 Å². The number of methoxy groups -OCH3 is 3. The minimum atomic E-state index is -0.381. The SMILES string of the molecule is COc1cc(/C=N/NC(=O)c2ccc(NC(C)=O)cc2)cc(OC)c1OC. The molecule has 0 saturated heterocycles. The Hall–Kier alpha value is -3.55. The Kier molecular flexibility index (Phi) is 6.76. The van der Waals surface area contributed by atoms with Crippen LogP contribution in [0.4, 0.5) is 5.69 Å². The molecule has 2 aromatic rings. The number of nitrogens with one attached hydrogen (secondary N) is 2. The molecule has 2 N–H and O–H groups in total. The van der Waals surface area contributed by atoms with Crippen molar-refractivity contribution in [1.82, 2.24) is 5.43 Å². The highest BCUT2D eigenvalue weighted by molar-refractivity contribution is 5.96. The first-order chi connectivity index (χ1) is 13.0. The molecule has 2 rings (SSSR count). The van der Waals surface area contributed by atoms with Crippen molar-refractivity contribution in [1.29, 1.82) is 0 Å². The molecule has 0 heterocycles. The molecule has 0 aromatic heterocycles. The number of anilines is 1. The number of hydrogen-bond acceptors (Lipinski definition) is 6. The standard InChI is InChI=1S/C19H21N3O5/c1-12(23)21-15-7-5-14(6-8-15)19(24)22-20-11-13-9-16(25-2)18(27-4)17(10-13)26-3/h5-11H,1-4H3,(H,21,23)(H,22,24)/b20-11+. The lowest BCUT2D eigenvalue weighted by atomic mass is 10.2. The zero-order valence-electron chi connectivity index (χ0n) is 15.5. The third kappa shape index (κ3) is 5.21. The van der Waals surface area contributed by atoms with Crippen molar-refractivity contribution in [2.45, 2.75) is 6.92 Å². The molecule has 8 heteroatoms. The monoisotopic (exact) mass is 371 g/mol. The summed E-state index contributed by atoms with van der Waals surface area (Å²) in [6.07, 6.45) is 1.47. The molecule has 8 nitrogen and oxygen atoms in total. The molecule has 0 aliphatic rings. The second kappa shape index (κ2) is 9.23. The van der Waals surface area contributed by atoms with Crippen molar-refractivity contribution in [3.63, 3.8) is 0 Å². The van der Waals surface area contributed by atoms with Crippen LogP contribution in [0.15, 0.2) is 41.5 Å². The summed E-state index contributed by atoms with van der Waals surface area (Å²) in [5.74, 6) is 0.882. The summed E-state index contributed by atoms with van der Waals surface area (Å²) in [5.41, 5.74) is 4.12. The van der Waals surface area contributed by atoms with Gasteiger partial charge in [-0.15, -0.1) is 0 Å². The Morgan fingerprint density at radius 1 is 0.963 bits per heavy atom. The van der Waals surface area contributed by atoms with Crippen LogP contribution in [-0.4, -0.2) is 39.4 Å². The number of carbonyl (C=O) groups excluding carboxylic acids is 2. The van der Waals surface area contributed by atoms with E-state index in [2.05, 4.69) is 15.8 Å². The first kappa shape index (κ1) is 19.8. The zero-order chi connectivity index (χ0) is 19.8. The van der Waals surface area contributed by atoms with Crippen molar-refractivity contribution in [2.24, 2.45) is 5.10 Å². The van der Waals surface area contributed by atoms with Gasteiger partial charge in [-0.25, -0.2) is 5.43 Å². The summed E-state index contributed by atoms with van der Waals surface area (Å²) in [6, 6.07) is 9.88. The summed E-state index contributed by atoms with van der Waals surface area (Å²) in [7, 11) is 4.56. The maximum Gasteiger partial charge on any atom is 0.271 e. The average molecular weight is 371 g/mol. The van der Waals surface area contributed by atoms with Gasteiger partial charge in [0.1, 0.15) is 0 Å². The molecule has 0 aliphatic heterocycles. The summed E-state index contributed by atoms with van der Waals surface area (Å²) in [5, 5.41) is 6.58. The fraction of sp³-hybridized carbons (Fsp3) is 0.211. The topological polar surface area (TPSA) is 98.2 Å². The maximum atomic E-state index is 12.1. The van der Waals surface area contributed by atoms with E-state index in [4.69, 9.17) is 14.2 Å². The van der Waals surface area contributed by atoms with Crippen molar-refractivity contribution < 1.29 is 23.8 Å². The first-order valence-electron chi connectivity index (χ1n) is 7.99. The molecule has 0 radical (unpaired) electrons. The summed E-state index contributed by atoms with van der Waals surface area (Å²) in [4.78, 5) is 23.1. The van der Waals surface area contributed by atoms with Crippen LogP contribution in [0, 0.1) is 0 Å². The summed E-state index contributed by atoms with van der Waals surface area (Å²) in [6.45, 7) is 1.42. The van der Waals surface area contributed by atoms with E-state index in [0.717, 1.165) is 0 Å². The normalized spacial score (nSPS) is 10.4. The fourth-order valence-corrected chi connectivity index (χ4v) is 2.31. The summed E-state index contributed by atoms with van der Waals surface area (Å²) >= 11 is 0. The van der Waals surface area contributed by atoms with Gasteiger partial charge in [0.25, 0.3) is 5.91 Å². The number of rotatable bonds is 7. The van der Waals surface area contributed by atoms with Crippen molar-refractivity contribution in [3.05, 3.63) is 47.5 Å². The molecule has 0 aliphatic carbocycles. The number of hydrazone groups is 1. The van der Waals surface area contributed by atoms with Gasteiger partial charge in [0.05, 0.1) is 27.5 Å². The Morgan fingerprint density at radius 3 is 2.04 bits per heavy atom. The van der Waals surface area contributed by atoms with Gasteiger partial charge in [-0.3, -0.25) is 9.59 Å². The second-order valence-electron chi connectivity index (χ2n) is 5.42. The molecule has 0 saturated carbocycles. The molecule has 0 bridgehead atoms. The molecule has 2 aromatic carbocycles. The van der Waals surface area contributed by atoms with Crippen molar-refractivity contribution >= 4 is 23.7 Å². The number of ether oxygens (including phenoxy) is 3. The lowest BCUT2D eigenvalue weighted by Crippen LogP contribution is -2.17. The molecule has 0 spiro atoms. The minimum absolute atomic E-state index is 0.179. The van der Waals surface area contributed by atoms with Gasteiger partial charge < -0.3 is 19.5 Å². The van der Waals surface area contributed by atoms with E-state index in [0.29, 0.717) is 34.1 Å². The predicted octanol–water partition coefficient (Wildman–Crippen LogP) is 2.43. The van der Waals surface area contributed by atoms with Crippen LogP contribution < -0.4 is 25.0 Å². The molecule has 27 heavy (non-hydrogen) atoms. The lowest BCUT2D eigenvalue weighted by molar-refractivity contribution is -0.114. The highest BCUT2D eigenvalue weighted by Crippen LogP contribution is 2.37. The fourth-order valence-electron chi connectivity index (χ4n) is 2.31. The Balaban J connectivity index is 2.08. The van der Waals surface area contributed by atoms with Crippen LogP contribution in [0.3, 0.4) is 0 Å². The van der Waals surface area contributed by atoms with E-state index in [1.807, 2.05) is 0 Å². The molecule has 142 valence electrons. The van der Waals surface area contributed by atoms with Crippen LogP contribution >= 0.6 is 0 Å². The van der Waals surface area contributed by atoms with Crippen molar-refractivity contribution in [3.8, 4) is 17.2 Å². The Bertz CT molecular complexity index is 822. The van der Waals surface area contributed by atoms with E-state index in [1.54, 1.807) is 36.4 Å². The third-order valence-corrected chi connectivity index (χ3v) is 3.53. The van der Waals surface area contributed by atoms with E-state index < -0.39 is 0 Å². The first-order valence-corrected chi connectivity index (χ1v) is 7.99. The number of nitrogens with zero attached hydrogens (tertiary/aromatic N) is 1. The van der Waals surface area contributed by atoms with E-state index in [1.165, 1.54) is 34.5 Å². The molecule has 0 unspecified atom stereocenters. The average Bonchev–Trinajstić information content (AvgIpc) is 2.67. The minimum Gasteiger partial charge on any atom is -0.493 e. The van der Waals surface area contributed by atoms with Crippen LogP contribution in [0.2, 0.25) is 0 Å². The van der Waals surface area contributed by atoms with E-state index in [-0.39, 0.29) is 11.8 Å². The molecule has 0 fully saturated rings. The van der Waals surface area contributed by atoms with Gasteiger partial charge in [0, 0.05) is 23.7 Å². The molecule has 2 amide bonds. The van der Waals surface area contributed by atoms with Gasteiger partial charge in [-0.2, -0.15) is 5.10 Å². The number of hydrogen-bond donors (Lipinski definition) is 2. The van der Waals surface area contributed by atoms with Gasteiger partial charge in [0.15, 0.2) is 11.5 Å².